The van der Waals surface area contributed by atoms with Gasteiger partial charge in [-0.2, -0.15) is 5.10 Å². The monoisotopic (exact) mass is 294 g/mol. The van der Waals surface area contributed by atoms with Crippen molar-refractivity contribution in [3.63, 3.8) is 0 Å². The predicted molar refractivity (Wildman–Crippen MR) is 76.4 cm³/mol. The molecule has 108 valence electrons. The van der Waals surface area contributed by atoms with E-state index in [0.717, 1.165) is 5.56 Å². The first-order chi connectivity index (χ1) is 9.62. The molecule has 3 N–H and O–H groups in total. The molecule has 7 heteroatoms. The molecule has 1 heterocycles. The summed E-state index contributed by atoms with van der Waals surface area (Å²) in [5, 5.41) is 4.06. The molecule has 0 saturated heterocycles. The van der Waals surface area contributed by atoms with Gasteiger partial charge in [-0.05, 0) is 30.2 Å². The van der Waals surface area contributed by atoms with Crippen LogP contribution in [-0.4, -0.2) is 24.7 Å². The maximum atomic E-state index is 12.0. The van der Waals surface area contributed by atoms with Crippen molar-refractivity contribution in [1.82, 2.24) is 14.5 Å². The molecule has 0 aliphatic rings. The SMILES string of the molecule is NCc1ccc(S(=O)(=O)NCCCn2cccn2)cc1. The average Bonchev–Trinajstić information content (AvgIpc) is 2.97. The number of nitrogens with one attached hydrogen (secondary N) is 1. The van der Waals surface area contributed by atoms with E-state index in [9.17, 15) is 8.42 Å². The fraction of sp³-hybridized carbons (Fsp3) is 0.308. The largest absolute Gasteiger partial charge is 0.326 e. The zero-order valence-electron chi connectivity index (χ0n) is 11.1. The summed E-state index contributed by atoms with van der Waals surface area (Å²) in [6.07, 6.45) is 4.23. The van der Waals surface area contributed by atoms with Crippen molar-refractivity contribution < 1.29 is 8.42 Å². The molecule has 0 fully saturated rings. The minimum absolute atomic E-state index is 0.258. The number of rotatable bonds is 7. The lowest BCUT2D eigenvalue weighted by molar-refractivity contribution is 0.553. The summed E-state index contributed by atoms with van der Waals surface area (Å²) in [6, 6.07) is 8.41. The van der Waals surface area contributed by atoms with Crippen LogP contribution >= 0.6 is 0 Å². The maximum absolute atomic E-state index is 12.0. The van der Waals surface area contributed by atoms with E-state index in [1.165, 1.54) is 0 Å². The fourth-order valence-electron chi connectivity index (χ4n) is 1.77. The molecule has 0 atom stereocenters. The fourth-order valence-corrected chi connectivity index (χ4v) is 2.84. The third-order valence-corrected chi connectivity index (χ3v) is 4.36. The highest BCUT2D eigenvalue weighted by molar-refractivity contribution is 7.89. The van der Waals surface area contributed by atoms with Gasteiger partial charge in [0.15, 0.2) is 0 Å². The Morgan fingerprint density at radius 1 is 1.25 bits per heavy atom. The molecule has 20 heavy (non-hydrogen) atoms. The topological polar surface area (TPSA) is 90.0 Å². The van der Waals surface area contributed by atoms with Crippen molar-refractivity contribution in [2.75, 3.05) is 6.54 Å². The first-order valence-electron chi connectivity index (χ1n) is 6.38. The number of nitrogens with zero attached hydrogens (tertiary/aromatic N) is 2. The molecule has 1 aromatic heterocycles. The van der Waals surface area contributed by atoms with Crippen molar-refractivity contribution in [2.45, 2.75) is 24.4 Å². The second kappa shape index (κ2) is 6.65. The predicted octanol–water partition coefficient (Wildman–Crippen LogP) is 0.710. The molecule has 0 amide bonds. The van der Waals surface area contributed by atoms with Crippen LogP contribution < -0.4 is 10.5 Å². The van der Waals surface area contributed by atoms with E-state index in [-0.39, 0.29) is 4.90 Å². The highest BCUT2D eigenvalue weighted by Gasteiger charge is 2.12. The van der Waals surface area contributed by atoms with Crippen LogP contribution in [-0.2, 0) is 23.1 Å². The van der Waals surface area contributed by atoms with E-state index in [1.807, 2.05) is 12.3 Å². The Morgan fingerprint density at radius 3 is 2.60 bits per heavy atom. The van der Waals surface area contributed by atoms with E-state index in [1.54, 1.807) is 35.1 Å². The third-order valence-electron chi connectivity index (χ3n) is 2.88. The van der Waals surface area contributed by atoms with E-state index < -0.39 is 10.0 Å². The van der Waals surface area contributed by atoms with E-state index in [0.29, 0.717) is 26.1 Å². The Morgan fingerprint density at radius 2 is 2.00 bits per heavy atom. The van der Waals surface area contributed by atoms with Crippen molar-refractivity contribution in [3.8, 4) is 0 Å². The molecule has 0 aliphatic carbocycles. The van der Waals surface area contributed by atoms with Crippen LogP contribution in [0.5, 0.6) is 0 Å². The number of benzene rings is 1. The standard InChI is InChI=1S/C13H18N4O2S/c14-11-12-3-5-13(6-4-12)20(18,19)16-8-2-10-17-9-1-7-15-17/h1,3-7,9,16H,2,8,10-11,14H2. The van der Waals surface area contributed by atoms with E-state index in [2.05, 4.69) is 9.82 Å². The number of aromatic nitrogens is 2. The lowest BCUT2D eigenvalue weighted by Gasteiger charge is -2.07. The lowest BCUT2D eigenvalue weighted by Crippen LogP contribution is -2.25. The highest BCUT2D eigenvalue weighted by atomic mass is 32.2. The summed E-state index contributed by atoms with van der Waals surface area (Å²) in [5.74, 6) is 0. The highest BCUT2D eigenvalue weighted by Crippen LogP contribution is 2.10. The minimum atomic E-state index is -3.45. The summed E-state index contributed by atoms with van der Waals surface area (Å²) in [6.45, 7) is 1.46. The van der Waals surface area contributed by atoms with Crippen LogP contribution in [0.15, 0.2) is 47.6 Å². The normalized spacial score (nSPS) is 11.7. The van der Waals surface area contributed by atoms with Crippen LogP contribution in [0.3, 0.4) is 0 Å². The van der Waals surface area contributed by atoms with Crippen molar-refractivity contribution in [2.24, 2.45) is 5.73 Å². The molecule has 2 aromatic rings. The second-order valence-corrected chi connectivity index (χ2v) is 6.14. The summed E-state index contributed by atoms with van der Waals surface area (Å²) < 4.78 is 28.4. The summed E-state index contributed by atoms with van der Waals surface area (Å²) in [5.41, 5.74) is 6.39. The van der Waals surface area contributed by atoms with Crippen LogP contribution in [0.25, 0.3) is 0 Å². The number of hydrogen-bond acceptors (Lipinski definition) is 4. The zero-order valence-corrected chi connectivity index (χ0v) is 11.9. The van der Waals surface area contributed by atoms with Gasteiger partial charge in [-0.3, -0.25) is 4.68 Å². The Balaban J connectivity index is 1.86. The lowest BCUT2D eigenvalue weighted by atomic mass is 10.2. The molecule has 2 rings (SSSR count). The smallest absolute Gasteiger partial charge is 0.240 e. The minimum Gasteiger partial charge on any atom is -0.326 e. The van der Waals surface area contributed by atoms with Crippen molar-refractivity contribution in [1.29, 1.82) is 0 Å². The van der Waals surface area contributed by atoms with Gasteiger partial charge in [-0.25, -0.2) is 13.1 Å². The Labute approximate surface area is 118 Å². The van der Waals surface area contributed by atoms with Crippen LogP contribution in [0.2, 0.25) is 0 Å². The average molecular weight is 294 g/mol. The van der Waals surface area contributed by atoms with Gasteiger partial charge < -0.3 is 5.73 Å². The molecule has 0 aliphatic heterocycles. The van der Waals surface area contributed by atoms with E-state index in [4.69, 9.17) is 5.73 Å². The molecule has 6 nitrogen and oxygen atoms in total. The summed E-state index contributed by atoms with van der Waals surface area (Å²) in [7, 11) is -3.45. The van der Waals surface area contributed by atoms with Gasteiger partial charge in [-0.1, -0.05) is 12.1 Å². The number of nitrogens with two attached hydrogens (primary N) is 1. The van der Waals surface area contributed by atoms with Crippen LogP contribution in [0, 0.1) is 0 Å². The second-order valence-electron chi connectivity index (χ2n) is 4.37. The van der Waals surface area contributed by atoms with Gasteiger partial charge in [0.05, 0.1) is 4.90 Å². The van der Waals surface area contributed by atoms with Gasteiger partial charge >= 0.3 is 0 Å². The molecule has 0 unspecified atom stereocenters. The molecular weight excluding hydrogens is 276 g/mol. The molecule has 0 radical (unpaired) electrons. The van der Waals surface area contributed by atoms with Crippen molar-refractivity contribution >= 4 is 10.0 Å². The van der Waals surface area contributed by atoms with Crippen LogP contribution in [0.4, 0.5) is 0 Å². The van der Waals surface area contributed by atoms with Gasteiger partial charge in [0.2, 0.25) is 10.0 Å². The van der Waals surface area contributed by atoms with Gasteiger partial charge in [-0.15, -0.1) is 0 Å². The maximum Gasteiger partial charge on any atom is 0.240 e. The Kier molecular flexibility index (Phi) is 4.89. The first kappa shape index (κ1) is 14.7. The molecular formula is C13H18N4O2S. The van der Waals surface area contributed by atoms with Crippen molar-refractivity contribution in [3.05, 3.63) is 48.3 Å². The Bertz CT molecular complexity index is 621. The summed E-state index contributed by atoms with van der Waals surface area (Å²) in [4.78, 5) is 0.258. The van der Waals surface area contributed by atoms with Gasteiger partial charge in [0.1, 0.15) is 0 Å². The van der Waals surface area contributed by atoms with E-state index >= 15 is 0 Å². The summed E-state index contributed by atoms with van der Waals surface area (Å²) >= 11 is 0. The van der Waals surface area contributed by atoms with Gasteiger partial charge in [0.25, 0.3) is 0 Å². The van der Waals surface area contributed by atoms with Gasteiger partial charge in [0, 0.05) is 32.0 Å². The first-order valence-corrected chi connectivity index (χ1v) is 7.86. The molecule has 0 spiro atoms. The quantitative estimate of drug-likeness (QED) is 0.736. The Hall–Kier alpha value is -1.70. The van der Waals surface area contributed by atoms with Crippen LogP contribution in [0.1, 0.15) is 12.0 Å². The molecule has 1 aromatic carbocycles. The number of hydrogen-bond donors (Lipinski definition) is 2. The zero-order chi connectivity index (χ0) is 14.4. The molecule has 0 saturated carbocycles. The number of sulfonamides is 1. The third kappa shape index (κ3) is 3.89. The molecule has 0 bridgehead atoms. The number of aryl methyl sites for hydroxylation is 1.